The standard InChI is InChI=1S/C7H11N3O2S.ClH/c1-5(8)7-3-2-6(4-10-7)13(9,11)12;/h2-5H,8H2,1H3,(H2,9,11,12);1H/t5-;/m1./s1. The van der Waals surface area contributed by atoms with E-state index in [-0.39, 0.29) is 23.3 Å². The van der Waals surface area contributed by atoms with Gasteiger partial charge in [0.25, 0.3) is 0 Å². The molecule has 1 aromatic rings. The molecular formula is C7H12ClN3O2S. The van der Waals surface area contributed by atoms with Gasteiger partial charge in [-0.25, -0.2) is 13.6 Å². The molecule has 0 amide bonds. The highest BCUT2D eigenvalue weighted by Gasteiger charge is 2.08. The van der Waals surface area contributed by atoms with E-state index >= 15 is 0 Å². The molecule has 0 radical (unpaired) electrons. The molecule has 0 aliphatic rings. The van der Waals surface area contributed by atoms with Crippen molar-refractivity contribution in [2.75, 3.05) is 0 Å². The normalized spacial score (nSPS) is 13.1. The SMILES string of the molecule is C[C@@H](N)c1ccc(S(N)(=O)=O)cn1.Cl. The Kier molecular flexibility index (Phi) is 4.47. The van der Waals surface area contributed by atoms with E-state index in [9.17, 15) is 8.42 Å². The third-order valence-corrected chi connectivity index (χ3v) is 2.45. The van der Waals surface area contributed by atoms with Gasteiger partial charge in [-0.1, -0.05) is 0 Å². The topological polar surface area (TPSA) is 99.1 Å². The predicted octanol–water partition coefficient (Wildman–Crippen LogP) is 0.171. The van der Waals surface area contributed by atoms with E-state index in [2.05, 4.69) is 4.98 Å². The van der Waals surface area contributed by atoms with Gasteiger partial charge in [0.2, 0.25) is 10.0 Å². The monoisotopic (exact) mass is 237 g/mol. The summed E-state index contributed by atoms with van der Waals surface area (Å²) in [5, 5.41) is 4.88. The summed E-state index contributed by atoms with van der Waals surface area (Å²) >= 11 is 0. The van der Waals surface area contributed by atoms with Crippen LogP contribution >= 0.6 is 12.4 Å². The third-order valence-electron chi connectivity index (χ3n) is 1.55. The van der Waals surface area contributed by atoms with Crippen molar-refractivity contribution in [2.24, 2.45) is 10.9 Å². The van der Waals surface area contributed by atoms with Gasteiger partial charge in [0.1, 0.15) is 4.90 Å². The second-order valence-electron chi connectivity index (χ2n) is 2.75. The first-order chi connectivity index (χ1) is 5.91. The zero-order valence-electron chi connectivity index (χ0n) is 7.54. The number of hydrogen-bond acceptors (Lipinski definition) is 4. The second kappa shape index (κ2) is 4.70. The van der Waals surface area contributed by atoms with E-state index < -0.39 is 10.0 Å². The maximum absolute atomic E-state index is 10.8. The van der Waals surface area contributed by atoms with Crippen LogP contribution in [0.25, 0.3) is 0 Å². The van der Waals surface area contributed by atoms with Crippen LogP contribution in [0.2, 0.25) is 0 Å². The number of aromatic nitrogens is 1. The first kappa shape index (κ1) is 13.3. The summed E-state index contributed by atoms with van der Waals surface area (Å²) in [6.07, 6.45) is 1.20. The fraction of sp³-hybridized carbons (Fsp3) is 0.286. The molecule has 0 aliphatic heterocycles. The molecule has 0 spiro atoms. The summed E-state index contributed by atoms with van der Waals surface area (Å²) in [6.45, 7) is 1.76. The van der Waals surface area contributed by atoms with E-state index in [1.54, 1.807) is 13.0 Å². The molecule has 1 rings (SSSR count). The van der Waals surface area contributed by atoms with E-state index in [1.165, 1.54) is 12.3 Å². The highest BCUT2D eigenvalue weighted by Crippen LogP contribution is 2.09. The number of hydrogen-bond donors (Lipinski definition) is 2. The molecule has 0 aliphatic carbocycles. The minimum atomic E-state index is -3.65. The maximum atomic E-state index is 10.8. The molecule has 1 heterocycles. The number of nitrogens with zero attached hydrogens (tertiary/aromatic N) is 1. The van der Waals surface area contributed by atoms with Gasteiger partial charge in [-0.05, 0) is 19.1 Å². The van der Waals surface area contributed by atoms with Crippen LogP contribution < -0.4 is 10.9 Å². The van der Waals surface area contributed by atoms with Crippen LogP contribution in [0.15, 0.2) is 23.2 Å². The Bertz CT molecular complexity index is 388. The lowest BCUT2D eigenvalue weighted by atomic mass is 10.2. The lowest BCUT2D eigenvalue weighted by molar-refractivity contribution is 0.597. The molecule has 1 atom stereocenters. The Morgan fingerprint density at radius 1 is 1.43 bits per heavy atom. The van der Waals surface area contributed by atoms with Crippen LogP contribution in [-0.4, -0.2) is 13.4 Å². The van der Waals surface area contributed by atoms with Gasteiger partial charge in [-0.15, -0.1) is 12.4 Å². The molecule has 0 fully saturated rings. The van der Waals surface area contributed by atoms with Crippen molar-refractivity contribution in [1.29, 1.82) is 0 Å². The molecule has 0 saturated heterocycles. The van der Waals surface area contributed by atoms with E-state index in [0.29, 0.717) is 5.69 Å². The van der Waals surface area contributed by atoms with Crippen LogP contribution in [0.4, 0.5) is 0 Å². The Balaban J connectivity index is 0.00000169. The maximum Gasteiger partial charge on any atom is 0.239 e. The highest BCUT2D eigenvalue weighted by atomic mass is 35.5. The molecule has 0 aromatic carbocycles. The minimum absolute atomic E-state index is 0. The molecule has 7 heteroatoms. The molecule has 80 valence electrons. The Morgan fingerprint density at radius 2 is 2.00 bits per heavy atom. The van der Waals surface area contributed by atoms with Gasteiger partial charge >= 0.3 is 0 Å². The summed E-state index contributed by atoms with van der Waals surface area (Å²) in [6, 6.07) is 2.72. The average Bonchev–Trinajstić information content (AvgIpc) is 2.03. The Morgan fingerprint density at radius 3 is 2.29 bits per heavy atom. The summed E-state index contributed by atoms with van der Waals surface area (Å²) in [5.41, 5.74) is 6.16. The highest BCUT2D eigenvalue weighted by molar-refractivity contribution is 7.89. The minimum Gasteiger partial charge on any atom is -0.323 e. The number of pyridine rings is 1. The largest absolute Gasteiger partial charge is 0.323 e. The van der Waals surface area contributed by atoms with Crippen molar-refractivity contribution in [3.05, 3.63) is 24.0 Å². The summed E-state index contributed by atoms with van der Waals surface area (Å²) < 4.78 is 21.6. The van der Waals surface area contributed by atoms with E-state index in [4.69, 9.17) is 10.9 Å². The number of primary sulfonamides is 1. The molecular weight excluding hydrogens is 226 g/mol. The Hall–Kier alpha value is -0.690. The smallest absolute Gasteiger partial charge is 0.239 e. The first-order valence-electron chi connectivity index (χ1n) is 3.65. The van der Waals surface area contributed by atoms with Crippen LogP contribution in [0.5, 0.6) is 0 Å². The van der Waals surface area contributed by atoms with Crippen molar-refractivity contribution < 1.29 is 8.42 Å². The van der Waals surface area contributed by atoms with E-state index in [0.717, 1.165) is 0 Å². The van der Waals surface area contributed by atoms with Gasteiger partial charge in [0, 0.05) is 12.2 Å². The van der Waals surface area contributed by atoms with Crippen LogP contribution in [0.3, 0.4) is 0 Å². The van der Waals surface area contributed by atoms with Crippen LogP contribution in [0.1, 0.15) is 18.7 Å². The van der Waals surface area contributed by atoms with Crippen molar-refractivity contribution in [3.8, 4) is 0 Å². The lowest BCUT2D eigenvalue weighted by Crippen LogP contribution is -2.13. The Labute approximate surface area is 89.0 Å². The molecule has 1 aromatic heterocycles. The fourth-order valence-corrected chi connectivity index (χ4v) is 1.29. The summed E-state index contributed by atoms with van der Waals surface area (Å²) in [4.78, 5) is 3.86. The quantitative estimate of drug-likeness (QED) is 0.766. The van der Waals surface area contributed by atoms with Crippen LogP contribution in [0, 0.1) is 0 Å². The van der Waals surface area contributed by atoms with Crippen molar-refractivity contribution in [2.45, 2.75) is 17.9 Å². The van der Waals surface area contributed by atoms with Gasteiger partial charge in [-0.2, -0.15) is 0 Å². The van der Waals surface area contributed by atoms with Crippen molar-refractivity contribution >= 4 is 22.4 Å². The molecule has 0 saturated carbocycles. The van der Waals surface area contributed by atoms with Gasteiger partial charge < -0.3 is 5.73 Å². The lowest BCUT2D eigenvalue weighted by Gasteiger charge is -2.04. The van der Waals surface area contributed by atoms with Crippen molar-refractivity contribution in [3.63, 3.8) is 0 Å². The number of halogens is 1. The predicted molar refractivity (Wildman–Crippen MR) is 55.5 cm³/mol. The van der Waals surface area contributed by atoms with E-state index in [1.807, 2.05) is 0 Å². The zero-order chi connectivity index (χ0) is 10.1. The van der Waals surface area contributed by atoms with Crippen molar-refractivity contribution in [1.82, 2.24) is 4.98 Å². The van der Waals surface area contributed by atoms with Crippen LogP contribution in [-0.2, 0) is 10.0 Å². The number of sulfonamides is 1. The summed E-state index contributed by atoms with van der Waals surface area (Å²) in [5.74, 6) is 0. The van der Waals surface area contributed by atoms with Gasteiger partial charge in [0.15, 0.2) is 0 Å². The zero-order valence-corrected chi connectivity index (χ0v) is 9.18. The fourth-order valence-electron chi connectivity index (χ4n) is 0.829. The summed E-state index contributed by atoms with van der Waals surface area (Å²) in [7, 11) is -3.65. The molecule has 14 heavy (non-hydrogen) atoms. The molecule has 4 N–H and O–H groups in total. The number of rotatable bonds is 2. The molecule has 0 unspecified atom stereocenters. The number of nitrogens with two attached hydrogens (primary N) is 2. The van der Waals surface area contributed by atoms with Gasteiger partial charge in [-0.3, -0.25) is 4.98 Å². The van der Waals surface area contributed by atoms with Gasteiger partial charge in [0.05, 0.1) is 5.69 Å². The second-order valence-corrected chi connectivity index (χ2v) is 4.31. The first-order valence-corrected chi connectivity index (χ1v) is 5.20. The average molecular weight is 238 g/mol. The third kappa shape index (κ3) is 3.22. The molecule has 0 bridgehead atoms. The molecule has 5 nitrogen and oxygen atoms in total.